The molecule has 1 aliphatic rings. The summed E-state index contributed by atoms with van der Waals surface area (Å²) in [6.07, 6.45) is 1.64. The van der Waals surface area contributed by atoms with E-state index in [-0.39, 0.29) is 12.1 Å². The van der Waals surface area contributed by atoms with E-state index in [4.69, 9.17) is 10.5 Å². The van der Waals surface area contributed by atoms with Crippen molar-refractivity contribution in [3.63, 3.8) is 0 Å². The summed E-state index contributed by atoms with van der Waals surface area (Å²) in [5, 5.41) is 0. The average molecular weight is 284 g/mol. The standard InChI is InChI=1S/C13H20N2O3S/c1-9-5-10(8-14)3-4-13(9)19(16,17)15-11-6-12(7-11)18-2/h3-5,11-12,15H,6-8,14H2,1-2H3. The van der Waals surface area contributed by atoms with Crippen molar-refractivity contribution in [2.45, 2.75) is 43.4 Å². The molecular formula is C13H20N2O3S. The molecule has 0 spiro atoms. The molecule has 0 aromatic heterocycles. The predicted octanol–water partition coefficient (Wildman–Crippen LogP) is 0.909. The molecule has 0 atom stereocenters. The summed E-state index contributed by atoms with van der Waals surface area (Å²) in [7, 11) is -1.81. The van der Waals surface area contributed by atoms with Gasteiger partial charge in [0.05, 0.1) is 11.0 Å². The molecule has 106 valence electrons. The van der Waals surface area contributed by atoms with Gasteiger partial charge >= 0.3 is 0 Å². The number of hydrogen-bond acceptors (Lipinski definition) is 4. The predicted molar refractivity (Wildman–Crippen MR) is 73.2 cm³/mol. The van der Waals surface area contributed by atoms with Gasteiger partial charge in [-0.25, -0.2) is 13.1 Å². The maximum atomic E-state index is 12.3. The first-order valence-corrected chi connectivity index (χ1v) is 7.79. The van der Waals surface area contributed by atoms with Crippen LogP contribution in [0.5, 0.6) is 0 Å². The molecule has 2 rings (SSSR count). The van der Waals surface area contributed by atoms with Crippen molar-refractivity contribution in [2.24, 2.45) is 5.73 Å². The van der Waals surface area contributed by atoms with Crippen molar-refractivity contribution in [2.75, 3.05) is 7.11 Å². The zero-order chi connectivity index (χ0) is 14.0. The highest BCUT2D eigenvalue weighted by atomic mass is 32.2. The van der Waals surface area contributed by atoms with Crippen LogP contribution in [0.15, 0.2) is 23.1 Å². The van der Waals surface area contributed by atoms with Crippen LogP contribution in [-0.2, 0) is 21.3 Å². The number of ether oxygens (including phenoxy) is 1. The van der Waals surface area contributed by atoms with E-state index in [1.807, 2.05) is 6.07 Å². The van der Waals surface area contributed by atoms with Crippen LogP contribution in [0.1, 0.15) is 24.0 Å². The molecule has 1 aliphatic carbocycles. The first-order valence-electron chi connectivity index (χ1n) is 6.31. The van der Waals surface area contributed by atoms with Crippen LogP contribution in [0.3, 0.4) is 0 Å². The van der Waals surface area contributed by atoms with Gasteiger partial charge in [0, 0.05) is 19.7 Å². The zero-order valence-corrected chi connectivity index (χ0v) is 12.0. The molecule has 0 radical (unpaired) electrons. The topological polar surface area (TPSA) is 81.4 Å². The van der Waals surface area contributed by atoms with E-state index in [0.29, 0.717) is 11.4 Å². The van der Waals surface area contributed by atoms with Crippen LogP contribution in [0.2, 0.25) is 0 Å². The van der Waals surface area contributed by atoms with Crippen molar-refractivity contribution in [3.05, 3.63) is 29.3 Å². The van der Waals surface area contributed by atoms with Crippen LogP contribution in [0.25, 0.3) is 0 Å². The van der Waals surface area contributed by atoms with E-state index in [1.54, 1.807) is 26.2 Å². The molecule has 1 aromatic carbocycles. The van der Waals surface area contributed by atoms with Crippen molar-refractivity contribution < 1.29 is 13.2 Å². The van der Waals surface area contributed by atoms with Gasteiger partial charge in [0.25, 0.3) is 0 Å². The van der Waals surface area contributed by atoms with Gasteiger partial charge in [-0.1, -0.05) is 12.1 Å². The SMILES string of the molecule is COC1CC(NS(=O)(=O)c2ccc(CN)cc2C)C1. The van der Waals surface area contributed by atoms with Crippen molar-refractivity contribution in [1.82, 2.24) is 4.72 Å². The Hall–Kier alpha value is -0.950. The lowest BCUT2D eigenvalue weighted by Crippen LogP contribution is -2.47. The molecule has 1 fully saturated rings. The second-order valence-corrected chi connectivity index (χ2v) is 6.63. The molecule has 3 N–H and O–H groups in total. The maximum Gasteiger partial charge on any atom is 0.241 e. The van der Waals surface area contributed by atoms with Crippen molar-refractivity contribution in [1.29, 1.82) is 0 Å². The highest BCUT2D eigenvalue weighted by Crippen LogP contribution is 2.25. The zero-order valence-electron chi connectivity index (χ0n) is 11.2. The van der Waals surface area contributed by atoms with Gasteiger partial charge in [0.1, 0.15) is 0 Å². The number of methoxy groups -OCH3 is 1. The fourth-order valence-electron chi connectivity index (χ4n) is 2.28. The number of aryl methyl sites for hydroxylation is 1. The Labute approximate surface area is 114 Å². The van der Waals surface area contributed by atoms with Crippen molar-refractivity contribution in [3.8, 4) is 0 Å². The summed E-state index contributed by atoms with van der Waals surface area (Å²) < 4.78 is 32.4. The summed E-state index contributed by atoms with van der Waals surface area (Å²) >= 11 is 0. The highest BCUT2D eigenvalue weighted by molar-refractivity contribution is 7.89. The van der Waals surface area contributed by atoms with E-state index >= 15 is 0 Å². The molecule has 0 unspecified atom stereocenters. The first kappa shape index (κ1) is 14.5. The van der Waals surface area contributed by atoms with Gasteiger partial charge in [-0.05, 0) is 37.0 Å². The molecule has 0 amide bonds. The average Bonchev–Trinajstić information content (AvgIpc) is 2.32. The fourth-order valence-corrected chi connectivity index (χ4v) is 3.77. The molecule has 19 heavy (non-hydrogen) atoms. The van der Waals surface area contributed by atoms with Crippen LogP contribution < -0.4 is 10.5 Å². The van der Waals surface area contributed by atoms with Crippen LogP contribution in [0.4, 0.5) is 0 Å². The third-order valence-corrected chi connectivity index (χ3v) is 5.20. The normalized spacial score (nSPS) is 23.1. The summed E-state index contributed by atoms with van der Waals surface area (Å²) in [6, 6.07) is 5.16. The minimum atomic E-state index is -3.45. The minimum Gasteiger partial charge on any atom is -0.381 e. The van der Waals surface area contributed by atoms with Crippen LogP contribution >= 0.6 is 0 Å². The van der Waals surface area contributed by atoms with Crippen molar-refractivity contribution >= 4 is 10.0 Å². The van der Waals surface area contributed by atoms with E-state index in [1.165, 1.54) is 0 Å². The largest absolute Gasteiger partial charge is 0.381 e. The second kappa shape index (κ2) is 5.58. The number of sulfonamides is 1. The summed E-state index contributed by atoms with van der Waals surface area (Å²) in [4.78, 5) is 0.325. The molecular weight excluding hydrogens is 264 g/mol. The molecule has 0 bridgehead atoms. The summed E-state index contributed by atoms with van der Waals surface area (Å²) in [5.74, 6) is 0. The Morgan fingerprint density at radius 1 is 1.42 bits per heavy atom. The molecule has 0 aliphatic heterocycles. The lowest BCUT2D eigenvalue weighted by Gasteiger charge is -2.34. The van der Waals surface area contributed by atoms with Gasteiger partial charge in [-0.2, -0.15) is 0 Å². The monoisotopic (exact) mass is 284 g/mol. The summed E-state index contributed by atoms with van der Waals surface area (Å²) in [6.45, 7) is 2.19. The number of nitrogens with two attached hydrogens (primary N) is 1. The molecule has 0 heterocycles. The van der Waals surface area contributed by atoms with E-state index in [2.05, 4.69) is 4.72 Å². The first-order chi connectivity index (χ1) is 8.96. The van der Waals surface area contributed by atoms with Gasteiger partial charge in [-0.3, -0.25) is 0 Å². The van der Waals surface area contributed by atoms with E-state index < -0.39 is 10.0 Å². The Balaban J connectivity index is 2.12. The van der Waals surface area contributed by atoms with E-state index in [0.717, 1.165) is 24.0 Å². The van der Waals surface area contributed by atoms with Gasteiger partial charge in [0.2, 0.25) is 10.0 Å². The quantitative estimate of drug-likeness (QED) is 0.842. The molecule has 1 aromatic rings. The Bertz CT molecular complexity index is 551. The Morgan fingerprint density at radius 3 is 2.63 bits per heavy atom. The second-order valence-electron chi connectivity index (χ2n) is 4.95. The molecule has 0 saturated heterocycles. The summed E-state index contributed by atoms with van der Waals surface area (Å²) in [5.41, 5.74) is 7.19. The third kappa shape index (κ3) is 3.14. The minimum absolute atomic E-state index is 0.0245. The number of nitrogens with one attached hydrogen (secondary N) is 1. The molecule has 1 saturated carbocycles. The van der Waals surface area contributed by atoms with Gasteiger partial charge in [-0.15, -0.1) is 0 Å². The van der Waals surface area contributed by atoms with E-state index in [9.17, 15) is 8.42 Å². The van der Waals surface area contributed by atoms with Crippen LogP contribution in [-0.4, -0.2) is 27.7 Å². The smallest absolute Gasteiger partial charge is 0.241 e. The fraction of sp³-hybridized carbons (Fsp3) is 0.538. The number of rotatable bonds is 5. The number of benzene rings is 1. The van der Waals surface area contributed by atoms with Crippen LogP contribution in [0, 0.1) is 6.92 Å². The third-order valence-electron chi connectivity index (χ3n) is 3.51. The van der Waals surface area contributed by atoms with Gasteiger partial charge < -0.3 is 10.5 Å². The van der Waals surface area contributed by atoms with Gasteiger partial charge in [0.15, 0.2) is 0 Å². The maximum absolute atomic E-state index is 12.3. The highest BCUT2D eigenvalue weighted by Gasteiger charge is 2.33. The number of hydrogen-bond donors (Lipinski definition) is 2. The Kier molecular flexibility index (Phi) is 4.25. The lowest BCUT2D eigenvalue weighted by atomic mass is 9.90. The lowest BCUT2D eigenvalue weighted by molar-refractivity contribution is 0.0236. The Morgan fingerprint density at radius 2 is 2.11 bits per heavy atom. The molecule has 5 nitrogen and oxygen atoms in total. The molecule has 6 heteroatoms.